The molecule has 0 amide bonds. The Morgan fingerprint density at radius 2 is 2.11 bits per heavy atom. The summed E-state index contributed by atoms with van der Waals surface area (Å²) in [6.45, 7) is 1.97. The first kappa shape index (κ1) is 12.4. The lowest BCUT2D eigenvalue weighted by atomic mass is 10.1. The van der Waals surface area contributed by atoms with Crippen molar-refractivity contribution in [1.82, 2.24) is 14.7 Å². The molecule has 4 heteroatoms. The molecule has 19 heavy (non-hydrogen) atoms. The van der Waals surface area contributed by atoms with Gasteiger partial charge in [0.25, 0.3) is 0 Å². The van der Waals surface area contributed by atoms with Gasteiger partial charge in [0.05, 0.1) is 6.20 Å². The molecule has 1 aliphatic rings. The number of hydrogen-bond donors (Lipinski definition) is 0. The van der Waals surface area contributed by atoms with E-state index in [-0.39, 0.29) is 5.82 Å². The summed E-state index contributed by atoms with van der Waals surface area (Å²) in [5.41, 5.74) is 2.44. The number of benzene rings is 1. The Bertz CT molecular complexity index is 547. The molecule has 0 bridgehead atoms. The summed E-state index contributed by atoms with van der Waals surface area (Å²) in [6.07, 6.45) is 6.43. The van der Waals surface area contributed by atoms with Gasteiger partial charge >= 0.3 is 0 Å². The van der Waals surface area contributed by atoms with Gasteiger partial charge in [-0.1, -0.05) is 12.1 Å². The first-order valence-corrected chi connectivity index (χ1v) is 6.69. The van der Waals surface area contributed by atoms with Crippen molar-refractivity contribution in [3.63, 3.8) is 0 Å². The second-order valence-electron chi connectivity index (χ2n) is 5.20. The van der Waals surface area contributed by atoms with Gasteiger partial charge in [-0.15, -0.1) is 0 Å². The maximum atomic E-state index is 12.9. The van der Waals surface area contributed by atoms with Crippen LogP contribution in [0.4, 0.5) is 4.39 Å². The molecule has 0 spiro atoms. The lowest BCUT2D eigenvalue weighted by Gasteiger charge is -2.23. The molecule has 3 rings (SSSR count). The van der Waals surface area contributed by atoms with E-state index in [1.807, 2.05) is 30.1 Å². The molecular formula is C15H18FN3. The van der Waals surface area contributed by atoms with Crippen LogP contribution in [0.15, 0.2) is 36.7 Å². The van der Waals surface area contributed by atoms with Gasteiger partial charge in [0.15, 0.2) is 0 Å². The molecule has 100 valence electrons. The zero-order valence-electron chi connectivity index (χ0n) is 11.1. The maximum absolute atomic E-state index is 12.9. The van der Waals surface area contributed by atoms with Crippen molar-refractivity contribution in [1.29, 1.82) is 0 Å². The van der Waals surface area contributed by atoms with Crippen LogP contribution in [0.3, 0.4) is 0 Å². The number of hydrogen-bond acceptors (Lipinski definition) is 2. The number of likely N-dealkylation sites (tertiary alicyclic amines) is 1. The number of aromatic nitrogens is 2. The summed E-state index contributed by atoms with van der Waals surface area (Å²) >= 11 is 0. The van der Waals surface area contributed by atoms with Gasteiger partial charge in [0, 0.05) is 31.4 Å². The fourth-order valence-corrected chi connectivity index (χ4v) is 2.83. The molecule has 2 aromatic rings. The Labute approximate surface area is 112 Å². The topological polar surface area (TPSA) is 21.1 Å². The summed E-state index contributed by atoms with van der Waals surface area (Å²) < 4.78 is 14.8. The standard InChI is InChI=1S/C15H18FN3/c1-18-11-13(9-17-18)15-3-2-8-19(15)10-12-4-6-14(16)7-5-12/h4-7,9,11,15H,2-3,8,10H2,1H3. The van der Waals surface area contributed by atoms with Gasteiger partial charge in [-0.25, -0.2) is 4.39 Å². The molecule has 1 aliphatic heterocycles. The van der Waals surface area contributed by atoms with E-state index in [1.165, 1.54) is 30.5 Å². The van der Waals surface area contributed by atoms with Gasteiger partial charge in [0.2, 0.25) is 0 Å². The minimum atomic E-state index is -0.172. The van der Waals surface area contributed by atoms with E-state index in [0.717, 1.165) is 18.7 Å². The van der Waals surface area contributed by atoms with Crippen LogP contribution < -0.4 is 0 Å². The third kappa shape index (κ3) is 2.68. The summed E-state index contributed by atoms with van der Waals surface area (Å²) in [6, 6.07) is 7.25. The van der Waals surface area contributed by atoms with Crippen molar-refractivity contribution >= 4 is 0 Å². The second kappa shape index (κ2) is 5.13. The molecule has 1 atom stereocenters. The van der Waals surface area contributed by atoms with Crippen LogP contribution in [0.25, 0.3) is 0 Å². The molecule has 0 N–H and O–H groups in total. The summed E-state index contributed by atoms with van der Waals surface area (Å²) in [4.78, 5) is 2.45. The highest BCUT2D eigenvalue weighted by molar-refractivity contribution is 5.18. The minimum Gasteiger partial charge on any atom is -0.292 e. The Hall–Kier alpha value is -1.68. The van der Waals surface area contributed by atoms with Gasteiger partial charge in [-0.05, 0) is 37.1 Å². The zero-order valence-corrected chi connectivity index (χ0v) is 11.1. The first-order valence-electron chi connectivity index (χ1n) is 6.69. The smallest absolute Gasteiger partial charge is 0.123 e. The highest BCUT2D eigenvalue weighted by Crippen LogP contribution is 2.32. The van der Waals surface area contributed by atoms with Crippen LogP contribution in [-0.2, 0) is 13.6 Å². The van der Waals surface area contributed by atoms with E-state index in [9.17, 15) is 4.39 Å². The van der Waals surface area contributed by atoms with Crippen molar-refractivity contribution in [2.75, 3.05) is 6.54 Å². The molecule has 1 aromatic heterocycles. The lowest BCUT2D eigenvalue weighted by molar-refractivity contribution is 0.248. The third-order valence-electron chi connectivity index (χ3n) is 3.77. The molecule has 0 aliphatic carbocycles. The van der Waals surface area contributed by atoms with Crippen LogP contribution in [-0.4, -0.2) is 21.2 Å². The average molecular weight is 259 g/mol. The van der Waals surface area contributed by atoms with Crippen molar-refractivity contribution in [2.45, 2.75) is 25.4 Å². The predicted octanol–water partition coefficient (Wildman–Crippen LogP) is 2.90. The minimum absolute atomic E-state index is 0.172. The Kier molecular flexibility index (Phi) is 3.34. The molecule has 1 saturated heterocycles. The van der Waals surface area contributed by atoms with Crippen LogP contribution in [0.5, 0.6) is 0 Å². The highest BCUT2D eigenvalue weighted by Gasteiger charge is 2.26. The van der Waals surface area contributed by atoms with E-state index >= 15 is 0 Å². The molecule has 0 saturated carbocycles. The van der Waals surface area contributed by atoms with Crippen molar-refractivity contribution in [2.24, 2.45) is 7.05 Å². The predicted molar refractivity (Wildman–Crippen MR) is 72.0 cm³/mol. The number of nitrogens with zero attached hydrogens (tertiary/aromatic N) is 3. The molecule has 2 heterocycles. The highest BCUT2D eigenvalue weighted by atomic mass is 19.1. The summed E-state index contributed by atoms with van der Waals surface area (Å²) in [5.74, 6) is -0.172. The number of aryl methyl sites for hydroxylation is 1. The normalized spacial score (nSPS) is 20.0. The van der Waals surface area contributed by atoms with E-state index in [4.69, 9.17) is 0 Å². The number of halogens is 1. The van der Waals surface area contributed by atoms with E-state index in [2.05, 4.69) is 16.2 Å². The molecule has 1 fully saturated rings. The van der Waals surface area contributed by atoms with Crippen LogP contribution in [0, 0.1) is 5.82 Å². The monoisotopic (exact) mass is 259 g/mol. The maximum Gasteiger partial charge on any atom is 0.123 e. The largest absolute Gasteiger partial charge is 0.292 e. The second-order valence-corrected chi connectivity index (χ2v) is 5.20. The first-order chi connectivity index (χ1) is 9.22. The molecule has 1 unspecified atom stereocenters. The van der Waals surface area contributed by atoms with Crippen LogP contribution in [0.2, 0.25) is 0 Å². The van der Waals surface area contributed by atoms with Gasteiger partial charge in [-0.3, -0.25) is 9.58 Å². The Morgan fingerprint density at radius 3 is 2.79 bits per heavy atom. The Morgan fingerprint density at radius 1 is 1.32 bits per heavy atom. The summed E-state index contributed by atoms with van der Waals surface area (Å²) in [7, 11) is 1.95. The van der Waals surface area contributed by atoms with Crippen LogP contribution >= 0.6 is 0 Å². The Balaban J connectivity index is 1.74. The SMILES string of the molecule is Cn1cc(C2CCCN2Cc2ccc(F)cc2)cn1. The van der Waals surface area contributed by atoms with Crippen molar-refractivity contribution in [3.8, 4) is 0 Å². The van der Waals surface area contributed by atoms with E-state index in [0.29, 0.717) is 6.04 Å². The van der Waals surface area contributed by atoms with Gasteiger partial charge in [0.1, 0.15) is 5.82 Å². The molecule has 3 nitrogen and oxygen atoms in total. The fourth-order valence-electron chi connectivity index (χ4n) is 2.83. The average Bonchev–Trinajstić information content (AvgIpc) is 3.01. The van der Waals surface area contributed by atoms with Crippen molar-refractivity contribution < 1.29 is 4.39 Å². The number of rotatable bonds is 3. The molecular weight excluding hydrogens is 241 g/mol. The third-order valence-corrected chi connectivity index (χ3v) is 3.77. The van der Waals surface area contributed by atoms with Gasteiger partial charge < -0.3 is 0 Å². The van der Waals surface area contributed by atoms with Crippen molar-refractivity contribution in [3.05, 3.63) is 53.6 Å². The molecule has 0 radical (unpaired) electrons. The van der Waals surface area contributed by atoms with Crippen LogP contribution in [0.1, 0.15) is 30.0 Å². The quantitative estimate of drug-likeness (QED) is 0.845. The fraction of sp³-hybridized carbons (Fsp3) is 0.400. The zero-order chi connectivity index (χ0) is 13.2. The van der Waals surface area contributed by atoms with Gasteiger partial charge in [-0.2, -0.15) is 5.10 Å². The summed E-state index contributed by atoms with van der Waals surface area (Å²) in [5, 5.41) is 4.25. The molecule has 1 aromatic carbocycles. The van der Waals surface area contributed by atoms with E-state index in [1.54, 1.807) is 0 Å². The lowest BCUT2D eigenvalue weighted by Crippen LogP contribution is -2.22. The van der Waals surface area contributed by atoms with E-state index < -0.39 is 0 Å².